The molecule has 3 rings (SSSR count). The molecule has 0 aromatic heterocycles. The van der Waals surface area contributed by atoms with Crippen molar-refractivity contribution < 1.29 is 4.79 Å². The lowest BCUT2D eigenvalue weighted by atomic mass is 9.93. The Labute approximate surface area is 135 Å². The number of carbonyl (C=O) groups is 1. The van der Waals surface area contributed by atoms with Crippen LogP contribution in [0.25, 0.3) is 22.3 Å². The maximum absolute atomic E-state index is 11.4. The van der Waals surface area contributed by atoms with Gasteiger partial charge in [-0.25, -0.2) is 0 Å². The number of aryl methyl sites for hydroxylation is 1. The Morgan fingerprint density at radius 3 is 2.32 bits per heavy atom. The van der Waals surface area contributed by atoms with Gasteiger partial charge in [-0.3, -0.25) is 4.79 Å². The fourth-order valence-corrected chi connectivity index (χ4v) is 2.76. The maximum atomic E-state index is 11.4. The van der Waals surface area contributed by atoms with E-state index >= 15 is 0 Å². The molecule has 0 fully saturated rings. The maximum Gasteiger partial charge on any atom is 0.150 e. The van der Waals surface area contributed by atoms with Gasteiger partial charge in [-0.2, -0.15) is 0 Å². The monoisotopic (exact) mass is 306 g/mol. The van der Waals surface area contributed by atoms with Crippen LogP contribution in [0, 0.1) is 6.92 Å². The topological polar surface area (TPSA) is 17.1 Å². The second-order valence-corrected chi connectivity index (χ2v) is 5.68. The molecular weight excluding hydrogens is 292 g/mol. The van der Waals surface area contributed by atoms with Crippen molar-refractivity contribution in [3.05, 3.63) is 82.9 Å². The summed E-state index contributed by atoms with van der Waals surface area (Å²) < 4.78 is 0. The van der Waals surface area contributed by atoms with Crippen LogP contribution < -0.4 is 0 Å². The summed E-state index contributed by atoms with van der Waals surface area (Å²) in [7, 11) is 0. The van der Waals surface area contributed by atoms with E-state index < -0.39 is 0 Å². The van der Waals surface area contributed by atoms with Gasteiger partial charge in [0, 0.05) is 10.6 Å². The number of rotatable bonds is 3. The Balaban J connectivity index is 2.21. The third kappa shape index (κ3) is 2.81. The molecular formula is C20H15ClO. The first kappa shape index (κ1) is 14.6. The van der Waals surface area contributed by atoms with Crippen LogP contribution in [0.5, 0.6) is 0 Å². The molecule has 0 spiro atoms. The zero-order chi connectivity index (χ0) is 15.5. The van der Waals surface area contributed by atoms with Gasteiger partial charge in [0.2, 0.25) is 0 Å². The van der Waals surface area contributed by atoms with E-state index in [9.17, 15) is 4.79 Å². The van der Waals surface area contributed by atoms with Crippen LogP contribution in [0.3, 0.4) is 0 Å². The highest BCUT2D eigenvalue weighted by Crippen LogP contribution is 2.32. The first-order valence-corrected chi connectivity index (χ1v) is 7.48. The average molecular weight is 307 g/mol. The van der Waals surface area contributed by atoms with Crippen molar-refractivity contribution in [2.45, 2.75) is 6.92 Å². The number of carbonyl (C=O) groups excluding carboxylic acids is 1. The van der Waals surface area contributed by atoms with Gasteiger partial charge in [0.1, 0.15) is 0 Å². The standard InChI is InChI=1S/C20H15ClO/c1-14-7-10-18(21)12-19(14)20-11-16(8-9-17(20)13-22)15-5-3-2-4-6-15/h2-13H,1H3. The second kappa shape index (κ2) is 6.17. The third-order valence-electron chi connectivity index (χ3n) is 3.78. The van der Waals surface area contributed by atoms with Crippen LogP contribution in [0.4, 0.5) is 0 Å². The number of hydrogen-bond acceptors (Lipinski definition) is 1. The minimum atomic E-state index is 0.669. The zero-order valence-corrected chi connectivity index (χ0v) is 13.0. The molecule has 3 aromatic rings. The van der Waals surface area contributed by atoms with E-state index in [0.29, 0.717) is 10.6 Å². The summed E-state index contributed by atoms with van der Waals surface area (Å²) >= 11 is 6.13. The lowest BCUT2D eigenvalue weighted by Gasteiger charge is -2.12. The van der Waals surface area contributed by atoms with E-state index in [-0.39, 0.29) is 0 Å². The molecule has 2 heteroatoms. The highest BCUT2D eigenvalue weighted by atomic mass is 35.5. The molecule has 1 nitrogen and oxygen atoms in total. The Hall–Kier alpha value is -2.38. The molecule has 0 aliphatic carbocycles. The molecule has 0 bridgehead atoms. The highest BCUT2D eigenvalue weighted by Gasteiger charge is 2.10. The summed E-state index contributed by atoms with van der Waals surface area (Å²) in [4.78, 5) is 11.4. The first-order chi connectivity index (χ1) is 10.7. The molecule has 3 aromatic carbocycles. The predicted octanol–water partition coefficient (Wildman–Crippen LogP) is 5.79. The van der Waals surface area contributed by atoms with Crippen molar-refractivity contribution in [2.24, 2.45) is 0 Å². The van der Waals surface area contributed by atoms with Crippen molar-refractivity contribution in [3.8, 4) is 22.3 Å². The average Bonchev–Trinajstić information content (AvgIpc) is 2.57. The quantitative estimate of drug-likeness (QED) is 0.559. The Bertz CT molecular complexity index is 822. The largest absolute Gasteiger partial charge is 0.298 e. The molecule has 0 aliphatic heterocycles. The van der Waals surface area contributed by atoms with Crippen molar-refractivity contribution in [1.29, 1.82) is 0 Å². The summed E-state index contributed by atoms with van der Waals surface area (Å²) in [6.45, 7) is 2.02. The van der Waals surface area contributed by atoms with Gasteiger partial charge < -0.3 is 0 Å². The Morgan fingerprint density at radius 2 is 1.59 bits per heavy atom. The lowest BCUT2D eigenvalue weighted by Crippen LogP contribution is -1.91. The smallest absolute Gasteiger partial charge is 0.150 e. The fraction of sp³-hybridized carbons (Fsp3) is 0.0500. The summed E-state index contributed by atoms with van der Waals surface area (Å²) in [6.07, 6.45) is 0.893. The van der Waals surface area contributed by atoms with E-state index in [1.54, 1.807) is 0 Å². The fourth-order valence-electron chi connectivity index (χ4n) is 2.59. The summed E-state index contributed by atoms with van der Waals surface area (Å²) in [5.41, 5.74) is 5.88. The normalized spacial score (nSPS) is 10.5. The van der Waals surface area contributed by atoms with Crippen LogP contribution in [0.2, 0.25) is 5.02 Å². The van der Waals surface area contributed by atoms with Gasteiger partial charge >= 0.3 is 0 Å². The van der Waals surface area contributed by atoms with Gasteiger partial charge in [0.25, 0.3) is 0 Å². The molecule has 0 saturated carbocycles. The summed E-state index contributed by atoms with van der Waals surface area (Å²) in [5.74, 6) is 0. The molecule has 0 heterocycles. The van der Waals surface area contributed by atoms with Crippen LogP contribution in [-0.2, 0) is 0 Å². The van der Waals surface area contributed by atoms with Gasteiger partial charge in [0.15, 0.2) is 6.29 Å². The van der Waals surface area contributed by atoms with Gasteiger partial charge in [0.05, 0.1) is 0 Å². The van der Waals surface area contributed by atoms with E-state index in [1.807, 2.05) is 55.5 Å². The molecule has 0 N–H and O–H groups in total. The summed E-state index contributed by atoms with van der Waals surface area (Å²) in [5, 5.41) is 0.669. The molecule has 0 saturated heterocycles. The zero-order valence-electron chi connectivity index (χ0n) is 12.2. The molecule has 0 unspecified atom stereocenters. The van der Waals surface area contributed by atoms with Crippen LogP contribution in [0.15, 0.2) is 66.7 Å². The molecule has 0 aliphatic rings. The van der Waals surface area contributed by atoms with Crippen LogP contribution >= 0.6 is 11.6 Å². The number of aldehydes is 1. The lowest BCUT2D eigenvalue weighted by molar-refractivity contribution is 0.112. The van der Waals surface area contributed by atoms with Gasteiger partial charge in [-0.15, -0.1) is 0 Å². The number of hydrogen-bond donors (Lipinski definition) is 0. The minimum Gasteiger partial charge on any atom is -0.298 e. The third-order valence-corrected chi connectivity index (χ3v) is 4.01. The van der Waals surface area contributed by atoms with Crippen molar-refractivity contribution >= 4 is 17.9 Å². The van der Waals surface area contributed by atoms with E-state index in [4.69, 9.17) is 11.6 Å². The van der Waals surface area contributed by atoms with Gasteiger partial charge in [-0.05, 0) is 52.9 Å². The Morgan fingerprint density at radius 1 is 0.818 bits per heavy atom. The number of benzene rings is 3. The molecule has 0 radical (unpaired) electrons. The van der Waals surface area contributed by atoms with Crippen molar-refractivity contribution in [1.82, 2.24) is 0 Å². The van der Waals surface area contributed by atoms with Crippen molar-refractivity contribution in [3.63, 3.8) is 0 Å². The first-order valence-electron chi connectivity index (χ1n) is 7.10. The molecule has 0 amide bonds. The number of halogens is 1. The van der Waals surface area contributed by atoms with Crippen molar-refractivity contribution in [2.75, 3.05) is 0 Å². The summed E-state index contributed by atoms with van der Waals surface area (Å²) in [6, 6.07) is 21.8. The van der Waals surface area contributed by atoms with Crippen LogP contribution in [-0.4, -0.2) is 6.29 Å². The Kier molecular flexibility index (Phi) is 4.08. The van der Waals surface area contributed by atoms with Crippen LogP contribution in [0.1, 0.15) is 15.9 Å². The predicted molar refractivity (Wildman–Crippen MR) is 92.4 cm³/mol. The molecule has 108 valence electrons. The minimum absolute atomic E-state index is 0.669. The molecule has 0 atom stereocenters. The second-order valence-electron chi connectivity index (χ2n) is 5.25. The SMILES string of the molecule is Cc1ccc(Cl)cc1-c1cc(-c2ccccc2)ccc1C=O. The van der Waals surface area contributed by atoms with E-state index in [0.717, 1.165) is 34.1 Å². The van der Waals surface area contributed by atoms with E-state index in [1.165, 1.54) is 0 Å². The molecule has 22 heavy (non-hydrogen) atoms. The van der Waals surface area contributed by atoms with Gasteiger partial charge in [-0.1, -0.05) is 60.1 Å². The van der Waals surface area contributed by atoms with E-state index in [2.05, 4.69) is 18.2 Å². The highest BCUT2D eigenvalue weighted by molar-refractivity contribution is 6.31.